The molecule has 1 unspecified atom stereocenters. The Balaban J connectivity index is 1.47. The van der Waals surface area contributed by atoms with Crippen molar-refractivity contribution in [3.05, 3.63) is 36.0 Å². The first kappa shape index (κ1) is 18.8. The predicted molar refractivity (Wildman–Crippen MR) is 115 cm³/mol. The highest BCUT2D eigenvalue weighted by Crippen LogP contribution is 2.29. The standard InChI is InChI=1S/C22H31N5O/c1-17-7-6-10-27(16-17)22-23-18(2)15-21(24-22)26-13-11-25(12-14-26)19-8-4-5-9-20(19)28-3/h4-5,8-9,15,17H,6-7,10-14,16H2,1-3H3. The maximum atomic E-state index is 5.54. The highest BCUT2D eigenvalue weighted by molar-refractivity contribution is 5.59. The number of aromatic nitrogens is 2. The first-order valence-corrected chi connectivity index (χ1v) is 10.4. The van der Waals surface area contributed by atoms with Crippen LogP contribution in [0.4, 0.5) is 17.5 Å². The Morgan fingerprint density at radius 2 is 1.71 bits per heavy atom. The maximum Gasteiger partial charge on any atom is 0.227 e. The lowest BCUT2D eigenvalue weighted by Crippen LogP contribution is -2.47. The molecule has 2 aromatic rings. The number of para-hydroxylation sites is 2. The Hall–Kier alpha value is -2.50. The lowest BCUT2D eigenvalue weighted by atomic mass is 10.0. The van der Waals surface area contributed by atoms with Crippen LogP contribution in [0, 0.1) is 12.8 Å². The molecule has 28 heavy (non-hydrogen) atoms. The fourth-order valence-electron chi connectivity index (χ4n) is 4.28. The van der Waals surface area contributed by atoms with Gasteiger partial charge in [-0.25, -0.2) is 4.98 Å². The van der Waals surface area contributed by atoms with Gasteiger partial charge in [-0.15, -0.1) is 0 Å². The number of nitrogens with zero attached hydrogens (tertiary/aromatic N) is 5. The summed E-state index contributed by atoms with van der Waals surface area (Å²) in [7, 11) is 1.74. The third-order valence-corrected chi connectivity index (χ3v) is 5.80. The Labute approximate surface area is 168 Å². The summed E-state index contributed by atoms with van der Waals surface area (Å²) in [5.74, 6) is 3.61. The normalized spacial score (nSPS) is 20.4. The third kappa shape index (κ3) is 4.01. The molecule has 0 bridgehead atoms. The van der Waals surface area contributed by atoms with Crippen LogP contribution in [0.5, 0.6) is 5.75 Å². The summed E-state index contributed by atoms with van der Waals surface area (Å²) in [6, 6.07) is 10.4. The molecule has 0 N–H and O–H groups in total. The van der Waals surface area contributed by atoms with E-state index in [2.05, 4.69) is 46.7 Å². The number of piperazine rings is 1. The average molecular weight is 382 g/mol. The topological polar surface area (TPSA) is 44.7 Å². The Morgan fingerprint density at radius 3 is 2.46 bits per heavy atom. The fourth-order valence-corrected chi connectivity index (χ4v) is 4.28. The molecule has 6 nitrogen and oxygen atoms in total. The van der Waals surface area contributed by atoms with Gasteiger partial charge >= 0.3 is 0 Å². The molecule has 150 valence electrons. The predicted octanol–water partition coefficient (Wildman–Crippen LogP) is 3.36. The molecule has 1 atom stereocenters. The molecule has 0 spiro atoms. The molecule has 0 aliphatic carbocycles. The van der Waals surface area contributed by atoms with Crippen molar-refractivity contribution in [1.82, 2.24) is 9.97 Å². The largest absolute Gasteiger partial charge is 0.495 e. The van der Waals surface area contributed by atoms with E-state index in [1.54, 1.807) is 7.11 Å². The number of piperidine rings is 1. The van der Waals surface area contributed by atoms with E-state index < -0.39 is 0 Å². The van der Waals surface area contributed by atoms with Gasteiger partial charge < -0.3 is 19.4 Å². The SMILES string of the molecule is COc1ccccc1N1CCN(c2cc(C)nc(N3CCCC(C)C3)n2)CC1. The van der Waals surface area contributed by atoms with Crippen LogP contribution in [0.1, 0.15) is 25.5 Å². The van der Waals surface area contributed by atoms with Gasteiger partial charge in [0.25, 0.3) is 0 Å². The average Bonchev–Trinajstić information content (AvgIpc) is 2.73. The number of ether oxygens (including phenoxy) is 1. The van der Waals surface area contributed by atoms with Gasteiger partial charge in [-0.05, 0) is 37.8 Å². The van der Waals surface area contributed by atoms with Crippen LogP contribution >= 0.6 is 0 Å². The van der Waals surface area contributed by atoms with E-state index in [9.17, 15) is 0 Å². The van der Waals surface area contributed by atoms with Crippen LogP contribution in [0.3, 0.4) is 0 Å². The summed E-state index contributed by atoms with van der Waals surface area (Å²) in [6.07, 6.45) is 2.53. The number of aryl methyl sites for hydroxylation is 1. The second kappa shape index (κ2) is 8.25. The van der Waals surface area contributed by atoms with Crippen LogP contribution in [0.15, 0.2) is 30.3 Å². The van der Waals surface area contributed by atoms with Crippen molar-refractivity contribution >= 4 is 17.5 Å². The minimum absolute atomic E-state index is 0.714. The van der Waals surface area contributed by atoms with Crippen LogP contribution in [-0.2, 0) is 0 Å². The summed E-state index contributed by atoms with van der Waals surface area (Å²) in [5, 5.41) is 0. The molecule has 3 heterocycles. The number of benzene rings is 1. The first-order valence-electron chi connectivity index (χ1n) is 10.4. The second-order valence-corrected chi connectivity index (χ2v) is 8.01. The smallest absolute Gasteiger partial charge is 0.227 e. The van der Waals surface area contributed by atoms with Crippen LogP contribution in [-0.4, -0.2) is 56.3 Å². The second-order valence-electron chi connectivity index (χ2n) is 8.01. The van der Waals surface area contributed by atoms with Crippen molar-refractivity contribution < 1.29 is 4.74 Å². The van der Waals surface area contributed by atoms with E-state index in [-0.39, 0.29) is 0 Å². The van der Waals surface area contributed by atoms with Gasteiger partial charge in [0, 0.05) is 51.0 Å². The molecule has 0 amide bonds. The molecule has 0 saturated carbocycles. The van der Waals surface area contributed by atoms with Gasteiger partial charge in [-0.1, -0.05) is 19.1 Å². The first-order chi connectivity index (χ1) is 13.6. The molecule has 2 fully saturated rings. The molecule has 2 aliphatic rings. The van der Waals surface area contributed by atoms with Crippen molar-refractivity contribution in [2.45, 2.75) is 26.7 Å². The number of methoxy groups -OCH3 is 1. The van der Waals surface area contributed by atoms with E-state index in [1.165, 1.54) is 18.5 Å². The van der Waals surface area contributed by atoms with Gasteiger partial charge in [-0.3, -0.25) is 0 Å². The van der Waals surface area contributed by atoms with Gasteiger partial charge in [0.15, 0.2) is 0 Å². The third-order valence-electron chi connectivity index (χ3n) is 5.80. The van der Waals surface area contributed by atoms with Crippen LogP contribution in [0.2, 0.25) is 0 Å². The van der Waals surface area contributed by atoms with Crippen molar-refractivity contribution in [2.75, 3.05) is 61.1 Å². The summed E-state index contributed by atoms with van der Waals surface area (Å²) in [6.45, 7) is 10.3. The summed E-state index contributed by atoms with van der Waals surface area (Å²) < 4.78 is 5.54. The molecular formula is C22H31N5O. The molecule has 0 radical (unpaired) electrons. The molecule has 1 aromatic carbocycles. The molecule has 1 aromatic heterocycles. The highest BCUT2D eigenvalue weighted by atomic mass is 16.5. The lowest BCUT2D eigenvalue weighted by Gasteiger charge is -2.38. The Kier molecular flexibility index (Phi) is 5.55. The number of hydrogen-bond acceptors (Lipinski definition) is 6. The van der Waals surface area contributed by atoms with E-state index in [0.717, 1.165) is 62.5 Å². The Bertz CT molecular complexity index is 803. The lowest BCUT2D eigenvalue weighted by molar-refractivity contribution is 0.413. The van der Waals surface area contributed by atoms with E-state index in [0.29, 0.717) is 5.92 Å². The molecule has 2 saturated heterocycles. The Morgan fingerprint density at radius 1 is 0.964 bits per heavy atom. The monoisotopic (exact) mass is 381 g/mol. The zero-order valence-corrected chi connectivity index (χ0v) is 17.3. The zero-order chi connectivity index (χ0) is 19.5. The van der Waals surface area contributed by atoms with Crippen molar-refractivity contribution in [3.63, 3.8) is 0 Å². The summed E-state index contributed by atoms with van der Waals surface area (Å²) in [5.41, 5.74) is 2.22. The van der Waals surface area contributed by atoms with Crippen LogP contribution < -0.4 is 19.4 Å². The molecule has 6 heteroatoms. The van der Waals surface area contributed by atoms with E-state index in [4.69, 9.17) is 14.7 Å². The minimum Gasteiger partial charge on any atom is -0.495 e. The van der Waals surface area contributed by atoms with E-state index in [1.807, 2.05) is 12.1 Å². The van der Waals surface area contributed by atoms with Gasteiger partial charge in [-0.2, -0.15) is 4.98 Å². The summed E-state index contributed by atoms with van der Waals surface area (Å²) >= 11 is 0. The van der Waals surface area contributed by atoms with Gasteiger partial charge in [0.1, 0.15) is 11.6 Å². The molecular weight excluding hydrogens is 350 g/mol. The minimum atomic E-state index is 0.714. The molecule has 2 aliphatic heterocycles. The number of rotatable bonds is 4. The van der Waals surface area contributed by atoms with Gasteiger partial charge in [0.2, 0.25) is 5.95 Å². The number of hydrogen-bond donors (Lipinski definition) is 0. The van der Waals surface area contributed by atoms with Crippen molar-refractivity contribution in [1.29, 1.82) is 0 Å². The van der Waals surface area contributed by atoms with Crippen molar-refractivity contribution in [2.24, 2.45) is 5.92 Å². The highest BCUT2D eigenvalue weighted by Gasteiger charge is 2.23. The van der Waals surface area contributed by atoms with Crippen molar-refractivity contribution in [3.8, 4) is 5.75 Å². The maximum absolute atomic E-state index is 5.54. The van der Waals surface area contributed by atoms with Crippen LogP contribution in [0.25, 0.3) is 0 Å². The van der Waals surface area contributed by atoms with E-state index >= 15 is 0 Å². The zero-order valence-electron chi connectivity index (χ0n) is 17.3. The molecule has 4 rings (SSSR count). The number of anilines is 3. The summed E-state index contributed by atoms with van der Waals surface area (Å²) in [4.78, 5) is 16.8. The fraction of sp³-hybridized carbons (Fsp3) is 0.545. The van der Waals surface area contributed by atoms with Gasteiger partial charge in [0.05, 0.1) is 12.8 Å². The quantitative estimate of drug-likeness (QED) is 0.809.